The third-order valence-corrected chi connectivity index (χ3v) is 5.39. The Morgan fingerprint density at radius 1 is 1.18 bits per heavy atom. The predicted octanol–water partition coefficient (Wildman–Crippen LogP) is 1.16. The Kier molecular flexibility index (Phi) is 5.25. The first-order chi connectivity index (χ1) is 10.5. The highest BCUT2D eigenvalue weighted by Crippen LogP contribution is 2.26. The van der Waals surface area contributed by atoms with E-state index in [0.717, 1.165) is 0 Å². The van der Waals surface area contributed by atoms with Crippen molar-refractivity contribution in [3.8, 4) is 5.75 Å². The molecule has 1 aliphatic rings. The Bertz CT molecular complexity index is 624. The lowest BCUT2D eigenvalue weighted by molar-refractivity contribution is 0.0934. The van der Waals surface area contributed by atoms with Gasteiger partial charge in [0.2, 0.25) is 10.0 Å². The van der Waals surface area contributed by atoms with E-state index < -0.39 is 16.1 Å². The fourth-order valence-electron chi connectivity index (χ4n) is 2.30. The average molecular weight is 328 g/mol. The van der Waals surface area contributed by atoms with Gasteiger partial charge in [-0.15, -0.1) is 0 Å². The fourth-order valence-corrected chi connectivity index (χ4v) is 3.88. The van der Waals surface area contributed by atoms with Crippen LogP contribution in [0.15, 0.2) is 29.2 Å². The number of methoxy groups -OCH3 is 1. The molecule has 1 aromatic rings. The lowest BCUT2D eigenvalue weighted by atomic mass is 10.3. The zero-order valence-corrected chi connectivity index (χ0v) is 13.5. The Morgan fingerprint density at radius 3 is 2.41 bits per heavy atom. The van der Waals surface area contributed by atoms with Crippen LogP contribution in [0.2, 0.25) is 0 Å². The van der Waals surface area contributed by atoms with Gasteiger partial charge in [-0.25, -0.2) is 13.2 Å². The maximum absolute atomic E-state index is 12.7. The zero-order valence-electron chi connectivity index (χ0n) is 12.7. The van der Waals surface area contributed by atoms with Crippen LogP contribution in [0.1, 0.15) is 6.92 Å². The van der Waals surface area contributed by atoms with Crippen LogP contribution in [0, 0.1) is 0 Å². The van der Waals surface area contributed by atoms with Gasteiger partial charge in [-0.1, -0.05) is 12.1 Å². The van der Waals surface area contributed by atoms with E-state index in [0.29, 0.717) is 25.4 Å². The van der Waals surface area contributed by atoms with Crippen molar-refractivity contribution in [3.63, 3.8) is 0 Å². The maximum atomic E-state index is 12.7. The van der Waals surface area contributed by atoms with Gasteiger partial charge in [0.05, 0.1) is 13.7 Å². The molecule has 0 bridgehead atoms. The summed E-state index contributed by atoms with van der Waals surface area (Å²) < 4.78 is 36.8. The summed E-state index contributed by atoms with van der Waals surface area (Å²) in [6, 6.07) is 6.51. The molecule has 0 unspecified atom stereocenters. The lowest BCUT2D eigenvalue weighted by Crippen LogP contribution is -2.50. The minimum absolute atomic E-state index is 0.141. The topological polar surface area (TPSA) is 76.2 Å². The van der Waals surface area contributed by atoms with Crippen LogP contribution < -0.4 is 4.74 Å². The summed E-state index contributed by atoms with van der Waals surface area (Å²) in [5.74, 6) is 0.315. The number of rotatable bonds is 4. The van der Waals surface area contributed by atoms with Crippen molar-refractivity contribution in [1.82, 2.24) is 9.21 Å². The van der Waals surface area contributed by atoms with E-state index in [9.17, 15) is 13.2 Å². The normalized spacial score (nSPS) is 16.4. The molecule has 1 fully saturated rings. The number of piperazine rings is 1. The number of amides is 1. The highest BCUT2D eigenvalue weighted by Gasteiger charge is 2.32. The molecule has 0 spiro atoms. The van der Waals surface area contributed by atoms with E-state index >= 15 is 0 Å². The molecule has 0 aromatic heterocycles. The van der Waals surface area contributed by atoms with Gasteiger partial charge in [0, 0.05) is 26.2 Å². The summed E-state index contributed by atoms with van der Waals surface area (Å²) in [5, 5.41) is 0. The molecule has 22 heavy (non-hydrogen) atoms. The third kappa shape index (κ3) is 3.33. The van der Waals surface area contributed by atoms with Gasteiger partial charge in [0.1, 0.15) is 10.6 Å². The molecule has 0 aliphatic carbocycles. The van der Waals surface area contributed by atoms with Crippen molar-refractivity contribution in [2.24, 2.45) is 0 Å². The van der Waals surface area contributed by atoms with Gasteiger partial charge >= 0.3 is 6.09 Å². The first kappa shape index (κ1) is 16.6. The van der Waals surface area contributed by atoms with E-state index in [2.05, 4.69) is 0 Å². The van der Waals surface area contributed by atoms with Gasteiger partial charge < -0.3 is 14.4 Å². The van der Waals surface area contributed by atoms with Crippen molar-refractivity contribution >= 4 is 16.1 Å². The molecule has 0 radical (unpaired) electrons. The fraction of sp³-hybridized carbons (Fsp3) is 0.500. The smallest absolute Gasteiger partial charge is 0.409 e. The summed E-state index contributed by atoms with van der Waals surface area (Å²) in [4.78, 5) is 13.3. The number of hydrogen-bond acceptors (Lipinski definition) is 5. The Labute approximate surface area is 130 Å². The van der Waals surface area contributed by atoms with Crippen LogP contribution in [0.25, 0.3) is 0 Å². The summed E-state index contributed by atoms with van der Waals surface area (Å²) in [5.41, 5.74) is 0. The van der Waals surface area contributed by atoms with Gasteiger partial charge in [-0.05, 0) is 19.1 Å². The molecule has 1 amide bonds. The van der Waals surface area contributed by atoms with Crippen molar-refractivity contribution in [2.75, 3.05) is 39.9 Å². The van der Waals surface area contributed by atoms with Crippen molar-refractivity contribution in [3.05, 3.63) is 24.3 Å². The van der Waals surface area contributed by atoms with Crippen molar-refractivity contribution in [2.45, 2.75) is 11.8 Å². The second-order valence-corrected chi connectivity index (χ2v) is 6.65. The monoisotopic (exact) mass is 328 g/mol. The van der Waals surface area contributed by atoms with Gasteiger partial charge in [0.15, 0.2) is 0 Å². The predicted molar refractivity (Wildman–Crippen MR) is 80.3 cm³/mol. The maximum Gasteiger partial charge on any atom is 0.409 e. The number of carbonyl (C=O) groups is 1. The van der Waals surface area contributed by atoms with Crippen molar-refractivity contribution < 1.29 is 22.7 Å². The molecule has 1 aliphatic heterocycles. The zero-order chi connectivity index (χ0) is 16.2. The van der Waals surface area contributed by atoms with E-state index in [1.165, 1.54) is 22.4 Å². The van der Waals surface area contributed by atoms with E-state index in [1.807, 2.05) is 0 Å². The first-order valence-electron chi connectivity index (χ1n) is 7.05. The molecular formula is C14H20N2O5S. The van der Waals surface area contributed by atoms with Crippen LogP contribution in [0.5, 0.6) is 5.75 Å². The number of para-hydroxylation sites is 1. The van der Waals surface area contributed by atoms with Crippen LogP contribution >= 0.6 is 0 Å². The molecule has 0 atom stereocenters. The molecule has 0 saturated carbocycles. The van der Waals surface area contributed by atoms with E-state index in [1.54, 1.807) is 25.1 Å². The van der Waals surface area contributed by atoms with Gasteiger partial charge in [-0.2, -0.15) is 4.31 Å². The Morgan fingerprint density at radius 2 is 1.82 bits per heavy atom. The molecule has 8 heteroatoms. The number of ether oxygens (including phenoxy) is 2. The molecule has 1 aromatic carbocycles. The third-order valence-electron chi connectivity index (χ3n) is 3.45. The molecule has 1 heterocycles. The summed E-state index contributed by atoms with van der Waals surface area (Å²) in [6.07, 6.45) is -0.406. The molecular weight excluding hydrogens is 308 g/mol. The van der Waals surface area contributed by atoms with Gasteiger partial charge in [-0.3, -0.25) is 0 Å². The minimum atomic E-state index is -3.64. The van der Waals surface area contributed by atoms with Crippen LogP contribution in [-0.2, 0) is 14.8 Å². The SMILES string of the molecule is CCOC(=O)N1CCN(S(=O)(=O)c2ccccc2OC)CC1. The average Bonchev–Trinajstić information content (AvgIpc) is 2.55. The number of benzene rings is 1. The van der Waals surface area contributed by atoms with Crippen LogP contribution in [-0.4, -0.2) is 63.6 Å². The standard InChI is InChI=1S/C14H20N2O5S/c1-3-21-14(17)15-8-10-16(11-9-15)22(18,19)13-7-5-4-6-12(13)20-2/h4-7H,3,8-11H2,1-2H3. The Hall–Kier alpha value is -1.80. The second kappa shape index (κ2) is 6.97. The molecule has 1 saturated heterocycles. The van der Waals surface area contributed by atoms with Gasteiger partial charge in [0.25, 0.3) is 0 Å². The van der Waals surface area contributed by atoms with Crippen LogP contribution in [0.4, 0.5) is 4.79 Å². The molecule has 0 N–H and O–H groups in total. The van der Waals surface area contributed by atoms with Crippen molar-refractivity contribution in [1.29, 1.82) is 0 Å². The number of sulfonamides is 1. The van der Waals surface area contributed by atoms with Crippen LogP contribution in [0.3, 0.4) is 0 Å². The molecule has 122 valence electrons. The summed E-state index contributed by atoms with van der Waals surface area (Å²) >= 11 is 0. The molecule has 7 nitrogen and oxygen atoms in total. The quantitative estimate of drug-likeness (QED) is 0.829. The summed E-state index contributed by atoms with van der Waals surface area (Å²) in [7, 11) is -2.20. The first-order valence-corrected chi connectivity index (χ1v) is 8.49. The number of hydrogen-bond donors (Lipinski definition) is 0. The van der Waals surface area contributed by atoms with E-state index in [4.69, 9.17) is 9.47 Å². The Balaban J connectivity index is 2.11. The largest absolute Gasteiger partial charge is 0.495 e. The second-order valence-electron chi connectivity index (χ2n) is 4.74. The highest BCUT2D eigenvalue weighted by atomic mass is 32.2. The number of nitrogens with zero attached hydrogens (tertiary/aromatic N) is 2. The molecule has 2 rings (SSSR count). The summed E-state index contributed by atoms with van der Waals surface area (Å²) in [6.45, 7) is 3.14. The van der Waals surface area contributed by atoms with E-state index in [-0.39, 0.29) is 18.0 Å². The minimum Gasteiger partial charge on any atom is -0.495 e. The lowest BCUT2D eigenvalue weighted by Gasteiger charge is -2.33. The number of carbonyl (C=O) groups excluding carboxylic acids is 1. The highest BCUT2D eigenvalue weighted by molar-refractivity contribution is 7.89.